The predicted molar refractivity (Wildman–Crippen MR) is 76.9 cm³/mol. The summed E-state index contributed by atoms with van der Waals surface area (Å²) in [7, 11) is 0. The zero-order chi connectivity index (χ0) is 12.1. The van der Waals surface area contributed by atoms with E-state index in [4.69, 9.17) is 10.00 Å². The number of nitrogens with zero attached hydrogens (tertiary/aromatic N) is 1. The van der Waals surface area contributed by atoms with E-state index in [1.807, 2.05) is 12.1 Å². The van der Waals surface area contributed by atoms with Crippen molar-refractivity contribution >= 4 is 51.2 Å². The number of hydrogen-bond donors (Lipinski definition) is 0. The average Bonchev–Trinajstić information content (AvgIpc) is 2.23. The molecule has 16 heavy (non-hydrogen) atoms. The third kappa shape index (κ3) is 3.31. The fourth-order valence-corrected chi connectivity index (χ4v) is 3.07. The van der Waals surface area contributed by atoms with E-state index in [1.54, 1.807) is 6.92 Å². The first-order valence-electron chi connectivity index (χ1n) is 4.62. The van der Waals surface area contributed by atoms with Crippen molar-refractivity contribution in [2.45, 2.75) is 13.3 Å². The lowest BCUT2D eigenvalue weighted by Crippen LogP contribution is -2.09. The Morgan fingerprint density at radius 2 is 2.19 bits per heavy atom. The summed E-state index contributed by atoms with van der Waals surface area (Å²) in [5.41, 5.74) is 1.47. The highest BCUT2D eigenvalue weighted by molar-refractivity contribution is 14.1. The Kier molecular flexibility index (Phi) is 5.48. The molecule has 1 rings (SSSR count). The van der Waals surface area contributed by atoms with Crippen LogP contribution < -0.4 is 0 Å². The molecule has 0 saturated carbocycles. The molecule has 0 bridgehead atoms. The van der Waals surface area contributed by atoms with Crippen LogP contribution in [-0.4, -0.2) is 12.6 Å². The highest BCUT2D eigenvalue weighted by Crippen LogP contribution is 2.22. The highest BCUT2D eigenvalue weighted by Gasteiger charge is 2.12. The van der Waals surface area contributed by atoms with Crippen LogP contribution in [0, 0.1) is 18.5 Å². The minimum absolute atomic E-state index is 0.220. The van der Waals surface area contributed by atoms with Gasteiger partial charge in [-0.15, -0.1) is 0 Å². The number of ether oxygens (including phenoxy) is 1. The number of nitriles is 1. The minimum Gasteiger partial charge on any atom is -0.466 e. The molecule has 0 heterocycles. The van der Waals surface area contributed by atoms with Crippen molar-refractivity contribution in [3.05, 3.63) is 30.4 Å². The van der Waals surface area contributed by atoms with Gasteiger partial charge in [0, 0.05) is 7.14 Å². The number of carbonyl (C=O) groups is 1. The molecule has 0 unspecified atom stereocenters. The van der Waals surface area contributed by atoms with Gasteiger partial charge in [-0.05, 0) is 63.7 Å². The van der Waals surface area contributed by atoms with Crippen molar-refractivity contribution in [1.82, 2.24) is 0 Å². The average molecular weight is 441 g/mol. The summed E-state index contributed by atoms with van der Waals surface area (Å²) in [5, 5.41) is 8.99. The van der Waals surface area contributed by atoms with E-state index in [0.717, 1.165) is 12.7 Å². The van der Waals surface area contributed by atoms with E-state index in [0.29, 0.717) is 12.2 Å². The van der Waals surface area contributed by atoms with Gasteiger partial charge in [0.05, 0.1) is 18.6 Å². The van der Waals surface area contributed by atoms with Crippen molar-refractivity contribution < 1.29 is 9.53 Å². The first-order chi connectivity index (χ1) is 7.60. The first kappa shape index (κ1) is 13.7. The molecule has 0 amide bonds. The molecule has 0 spiro atoms. The van der Waals surface area contributed by atoms with E-state index in [1.165, 1.54) is 0 Å². The first-order valence-corrected chi connectivity index (χ1v) is 6.78. The minimum atomic E-state index is -0.259. The fraction of sp³-hybridized carbons (Fsp3) is 0.273. The summed E-state index contributed by atoms with van der Waals surface area (Å²) < 4.78 is 6.61. The lowest BCUT2D eigenvalue weighted by atomic mass is 10.1. The molecule has 0 radical (unpaired) electrons. The summed E-state index contributed by atoms with van der Waals surface area (Å²) in [4.78, 5) is 11.3. The standard InChI is InChI=1S/C11H9I2NO2/c1-2-16-10(15)5-7-3-4-9(12)8(6-14)11(7)13/h3-4H,2,5H2,1H3. The van der Waals surface area contributed by atoms with Crippen LogP contribution in [0.3, 0.4) is 0 Å². The number of rotatable bonds is 3. The van der Waals surface area contributed by atoms with Gasteiger partial charge in [-0.2, -0.15) is 5.26 Å². The highest BCUT2D eigenvalue weighted by atomic mass is 127. The van der Waals surface area contributed by atoms with Gasteiger partial charge in [0.2, 0.25) is 0 Å². The van der Waals surface area contributed by atoms with Crippen molar-refractivity contribution in [3.63, 3.8) is 0 Å². The Labute approximate surface area is 121 Å². The second kappa shape index (κ2) is 6.39. The van der Waals surface area contributed by atoms with E-state index < -0.39 is 0 Å². The molecule has 0 aliphatic carbocycles. The lowest BCUT2D eigenvalue weighted by Gasteiger charge is -2.07. The van der Waals surface area contributed by atoms with Gasteiger partial charge >= 0.3 is 5.97 Å². The summed E-state index contributed by atoms with van der Waals surface area (Å²) in [6.07, 6.45) is 0.220. The molecular formula is C11H9I2NO2. The monoisotopic (exact) mass is 441 g/mol. The summed E-state index contributed by atoms with van der Waals surface area (Å²) in [5.74, 6) is -0.259. The third-order valence-corrected chi connectivity index (χ3v) is 4.05. The van der Waals surface area contributed by atoms with Gasteiger partial charge < -0.3 is 4.74 Å². The summed E-state index contributed by atoms with van der Waals surface area (Å²) in [6.45, 7) is 2.16. The van der Waals surface area contributed by atoms with Crippen molar-refractivity contribution in [1.29, 1.82) is 5.26 Å². The van der Waals surface area contributed by atoms with Crippen LogP contribution in [0.5, 0.6) is 0 Å². The maximum atomic E-state index is 11.3. The SMILES string of the molecule is CCOC(=O)Cc1ccc(I)c(C#N)c1I. The van der Waals surface area contributed by atoms with Gasteiger partial charge in [0.15, 0.2) is 0 Å². The van der Waals surface area contributed by atoms with Crippen molar-refractivity contribution in [2.24, 2.45) is 0 Å². The molecule has 0 fully saturated rings. The molecular weight excluding hydrogens is 432 g/mol. The second-order valence-corrected chi connectivity index (χ2v) is 5.23. The molecule has 0 aromatic heterocycles. The molecule has 0 saturated heterocycles. The zero-order valence-corrected chi connectivity index (χ0v) is 12.9. The third-order valence-electron chi connectivity index (χ3n) is 1.92. The van der Waals surface area contributed by atoms with Crippen LogP contribution in [0.15, 0.2) is 12.1 Å². The van der Waals surface area contributed by atoms with Crippen LogP contribution in [0.2, 0.25) is 0 Å². The number of halogens is 2. The maximum Gasteiger partial charge on any atom is 0.310 e. The maximum absolute atomic E-state index is 11.3. The number of carbonyl (C=O) groups excluding carboxylic acids is 1. The van der Waals surface area contributed by atoms with Gasteiger partial charge in [-0.25, -0.2) is 0 Å². The Morgan fingerprint density at radius 1 is 1.50 bits per heavy atom. The lowest BCUT2D eigenvalue weighted by molar-refractivity contribution is -0.142. The van der Waals surface area contributed by atoms with Crippen LogP contribution in [0.25, 0.3) is 0 Å². The predicted octanol–water partition coefficient (Wildman–Crippen LogP) is 2.87. The number of hydrogen-bond acceptors (Lipinski definition) is 3. The van der Waals surface area contributed by atoms with E-state index >= 15 is 0 Å². The van der Waals surface area contributed by atoms with Crippen LogP contribution in [0.1, 0.15) is 18.1 Å². The Balaban J connectivity index is 2.99. The van der Waals surface area contributed by atoms with Crippen molar-refractivity contribution in [2.75, 3.05) is 6.61 Å². The van der Waals surface area contributed by atoms with Gasteiger partial charge in [0.1, 0.15) is 6.07 Å². The van der Waals surface area contributed by atoms with Crippen LogP contribution in [-0.2, 0) is 16.0 Å². The summed E-state index contributed by atoms with van der Waals surface area (Å²) >= 11 is 4.20. The fourth-order valence-electron chi connectivity index (χ4n) is 1.20. The topological polar surface area (TPSA) is 50.1 Å². The molecule has 3 nitrogen and oxygen atoms in total. The molecule has 0 aliphatic heterocycles. The Hall–Kier alpha value is -0.360. The molecule has 5 heteroatoms. The second-order valence-electron chi connectivity index (χ2n) is 2.99. The smallest absolute Gasteiger partial charge is 0.310 e. The summed E-state index contributed by atoms with van der Waals surface area (Å²) in [6, 6.07) is 5.85. The van der Waals surface area contributed by atoms with Crippen LogP contribution in [0.4, 0.5) is 0 Å². The molecule has 84 valence electrons. The molecule has 0 N–H and O–H groups in total. The van der Waals surface area contributed by atoms with Gasteiger partial charge in [0.25, 0.3) is 0 Å². The van der Waals surface area contributed by atoms with Crippen molar-refractivity contribution in [3.8, 4) is 6.07 Å². The molecule has 0 atom stereocenters. The Bertz CT molecular complexity index is 452. The van der Waals surface area contributed by atoms with E-state index in [2.05, 4.69) is 51.3 Å². The molecule has 1 aromatic carbocycles. The van der Waals surface area contributed by atoms with Gasteiger partial charge in [-0.3, -0.25) is 4.79 Å². The van der Waals surface area contributed by atoms with Gasteiger partial charge in [-0.1, -0.05) is 6.07 Å². The quantitative estimate of drug-likeness (QED) is 0.536. The molecule has 1 aromatic rings. The zero-order valence-electron chi connectivity index (χ0n) is 8.59. The van der Waals surface area contributed by atoms with E-state index in [-0.39, 0.29) is 12.4 Å². The van der Waals surface area contributed by atoms with Crippen LogP contribution >= 0.6 is 45.2 Å². The number of esters is 1. The molecule has 0 aliphatic rings. The number of benzene rings is 1. The van der Waals surface area contributed by atoms with E-state index in [9.17, 15) is 4.79 Å². The largest absolute Gasteiger partial charge is 0.466 e. The Morgan fingerprint density at radius 3 is 2.75 bits per heavy atom. The normalized spacial score (nSPS) is 9.62.